The summed E-state index contributed by atoms with van der Waals surface area (Å²) in [5.41, 5.74) is 6.52. The van der Waals surface area contributed by atoms with Gasteiger partial charge >= 0.3 is 0 Å². The molecule has 1 saturated heterocycles. The number of nitrogens with zero attached hydrogens (tertiary/aromatic N) is 2. The number of primary amides is 1. The van der Waals surface area contributed by atoms with E-state index in [1.165, 1.54) is 0 Å². The maximum absolute atomic E-state index is 11.5. The number of pyridine rings is 1. The Hall–Kier alpha value is -1.14. The van der Waals surface area contributed by atoms with Crippen molar-refractivity contribution in [1.82, 2.24) is 4.98 Å². The standard InChI is InChI=1S/C12H16BrN3O2/c1-7-3-4-15-12(10(7)13)16-6-8(18-2)5-9(16)11(14)17/h3-4,8-9H,5-6H2,1-2H3,(H2,14,17)/t8-,9-/m0/s1. The van der Waals surface area contributed by atoms with Crippen LogP contribution in [0.25, 0.3) is 0 Å². The number of methoxy groups -OCH3 is 1. The van der Waals surface area contributed by atoms with Crippen molar-refractivity contribution in [3.05, 3.63) is 22.3 Å². The van der Waals surface area contributed by atoms with E-state index >= 15 is 0 Å². The first kappa shape index (κ1) is 13.3. The van der Waals surface area contributed by atoms with Crippen molar-refractivity contribution in [2.24, 2.45) is 5.73 Å². The van der Waals surface area contributed by atoms with Crippen LogP contribution in [0.15, 0.2) is 16.7 Å². The lowest BCUT2D eigenvalue weighted by Gasteiger charge is -2.24. The summed E-state index contributed by atoms with van der Waals surface area (Å²) in [7, 11) is 1.64. The second-order valence-corrected chi connectivity index (χ2v) is 5.22. The zero-order valence-electron chi connectivity index (χ0n) is 10.4. The normalized spacial score (nSPS) is 23.4. The van der Waals surface area contributed by atoms with Crippen LogP contribution in [0, 0.1) is 6.92 Å². The molecule has 0 spiro atoms. The fourth-order valence-corrected chi connectivity index (χ4v) is 2.66. The second kappa shape index (κ2) is 5.24. The van der Waals surface area contributed by atoms with Gasteiger partial charge < -0.3 is 15.4 Å². The molecule has 0 aliphatic carbocycles. The Labute approximate surface area is 114 Å². The van der Waals surface area contributed by atoms with Crippen molar-refractivity contribution in [3.8, 4) is 0 Å². The summed E-state index contributed by atoms with van der Waals surface area (Å²) in [6, 6.07) is 1.55. The fraction of sp³-hybridized carbons (Fsp3) is 0.500. The summed E-state index contributed by atoms with van der Waals surface area (Å²) in [6.07, 6.45) is 2.35. The molecule has 0 unspecified atom stereocenters. The summed E-state index contributed by atoms with van der Waals surface area (Å²) in [5.74, 6) is 0.406. The van der Waals surface area contributed by atoms with Gasteiger partial charge in [-0.1, -0.05) is 0 Å². The molecule has 1 amide bonds. The molecule has 1 aliphatic heterocycles. The van der Waals surface area contributed by atoms with Crippen molar-refractivity contribution >= 4 is 27.7 Å². The van der Waals surface area contributed by atoms with Crippen LogP contribution in [0.4, 0.5) is 5.82 Å². The molecule has 6 heteroatoms. The van der Waals surface area contributed by atoms with Crippen LogP contribution < -0.4 is 10.6 Å². The molecule has 1 aromatic rings. The van der Waals surface area contributed by atoms with Crippen molar-refractivity contribution < 1.29 is 9.53 Å². The van der Waals surface area contributed by atoms with Crippen molar-refractivity contribution in [2.45, 2.75) is 25.5 Å². The summed E-state index contributed by atoms with van der Waals surface area (Å²) < 4.78 is 6.22. The maximum atomic E-state index is 11.5. The van der Waals surface area contributed by atoms with E-state index in [-0.39, 0.29) is 18.1 Å². The van der Waals surface area contributed by atoms with E-state index in [9.17, 15) is 4.79 Å². The summed E-state index contributed by atoms with van der Waals surface area (Å²) >= 11 is 3.51. The van der Waals surface area contributed by atoms with Crippen LogP contribution in [0.5, 0.6) is 0 Å². The molecule has 1 aromatic heterocycles. The van der Waals surface area contributed by atoms with E-state index in [0.29, 0.717) is 13.0 Å². The topological polar surface area (TPSA) is 68.5 Å². The van der Waals surface area contributed by atoms with Gasteiger partial charge in [0.1, 0.15) is 11.9 Å². The van der Waals surface area contributed by atoms with Crippen LogP contribution >= 0.6 is 15.9 Å². The number of anilines is 1. The number of hydrogen-bond donors (Lipinski definition) is 1. The van der Waals surface area contributed by atoms with E-state index in [1.807, 2.05) is 17.9 Å². The molecular weight excluding hydrogens is 298 g/mol. The number of ether oxygens (including phenoxy) is 1. The van der Waals surface area contributed by atoms with Gasteiger partial charge in [0.2, 0.25) is 5.91 Å². The Morgan fingerprint density at radius 3 is 3.00 bits per heavy atom. The minimum Gasteiger partial charge on any atom is -0.380 e. The first-order valence-corrected chi connectivity index (χ1v) is 6.53. The smallest absolute Gasteiger partial charge is 0.240 e. The number of amides is 1. The Bertz CT molecular complexity index is 467. The number of halogens is 1. The number of carbonyl (C=O) groups is 1. The Morgan fingerprint density at radius 1 is 1.67 bits per heavy atom. The highest BCUT2D eigenvalue weighted by atomic mass is 79.9. The molecule has 2 N–H and O–H groups in total. The third-order valence-corrected chi connectivity index (χ3v) is 4.24. The van der Waals surface area contributed by atoms with Crippen molar-refractivity contribution in [3.63, 3.8) is 0 Å². The van der Waals surface area contributed by atoms with Gasteiger partial charge in [-0.15, -0.1) is 0 Å². The van der Waals surface area contributed by atoms with E-state index < -0.39 is 0 Å². The molecule has 0 saturated carbocycles. The van der Waals surface area contributed by atoms with Gasteiger partial charge in [-0.05, 0) is 34.5 Å². The third kappa shape index (κ3) is 2.35. The predicted octanol–water partition coefficient (Wildman–Crippen LogP) is 1.23. The first-order chi connectivity index (χ1) is 8.54. The minimum atomic E-state index is -0.361. The molecule has 0 aromatic carbocycles. The summed E-state index contributed by atoms with van der Waals surface area (Å²) in [5, 5.41) is 0. The van der Waals surface area contributed by atoms with Crippen LogP contribution in [-0.2, 0) is 9.53 Å². The molecule has 2 heterocycles. The summed E-state index contributed by atoms with van der Waals surface area (Å²) in [6.45, 7) is 2.61. The highest BCUT2D eigenvalue weighted by Crippen LogP contribution is 2.32. The first-order valence-electron chi connectivity index (χ1n) is 5.74. The maximum Gasteiger partial charge on any atom is 0.240 e. The van der Waals surface area contributed by atoms with Crippen LogP contribution in [0.2, 0.25) is 0 Å². The predicted molar refractivity (Wildman–Crippen MR) is 72.4 cm³/mol. The molecule has 0 bridgehead atoms. The van der Waals surface area contributed by atoms with Crippen molar-refractivity contribution in [1.29, 1.82) is 0 Å². The molecule has 1 aliphatic rings. The largest absolute Gasteiger partial charge is 0.380 e. The molecule has 2 rings (SSSR count). The highest BCUT2D eigenvalue weighted by molar-refractivity contribution is 9.10. The molecule has 0 radical (unpaired) electrons. The zero-order valence-corrected chi connectivity index (χ0v) is 12.0. The van der Waals surface area contributed by atoms with E-state index in [1.54, 1.807) is 13.3 Å². The number of carbonyl (C=O) groups excluding carboxylic acids is 1. The van der Waals surface area contributed by atoms with Crippen LogP contribution in [-0.4, -0.2) is 36.7 Å². The third-order valence-electron chi connectivity index (χ3n) is 3.26. The van der Waals surface area contributed by atoms with Gasteiger partial charge in [-0.2, -0.15) is 0 Å². The SMILES string of the molecule is CO[C@H]1C[C@@H](C(N)=O)N(c2nccc(C)c2Br)C1. The minimum absolute atomic E-state index is 0.0108. The van der Waals surface area contributed by atoms with E-state index in [2.05, 4.69) is 20.9 Å². The molecule has 98 valence electrons. The Balaban J connectivity index is 2.35. The fourth-order valence-electron chi connectivity index (χ4n) is 2.20. The molecule has 1 fully saturated rings. The lowest BCUT2D eigenvalue weighted by molar-refractivity contribution is -0.119. The average molecular weight is 314 g/mol. The van der Waals surface area contributed by atoms with Crippen LogP contribution in [0.1, 0.15) is 12.0 Å². The molecule has 2 atom stereocenters. The van der Waals surface area contributed by atoms with Gasteiger partial charge in [-0.3, -0.25) is 4.79 Å². The highest BCUT2D eigenvalue weighted by Gasteiger charge is 2.37. The lowest BCUT2D eigenvalue weighted by atomic mass is 10.2. The lowest BCUT2D eigenvalue weighted by Crippen LogP contribution is -2.41. The average Bonchev–Trinajstić information content (AvgIpc) is 2.77. The Morgan fingerprint density at radius 2 is 2.39 bits per heavy atom. The quantitative estimate of drug-likeness (QED) is 0.911. The summed E-state index contributed by atoms with van der Waals surface area (Å²) in [4.78, 5) is 17.8. The van der Waals surface area contributed by atoms with Crippen LogP contribution in [0.3, 0.4) is 0 Å². The number of nitrogens with two attached hydrogens (primary N) is 1. The van der Waals surface area contributed by atoms with Gasteiger partial charge in [0.25, 0.3) is 0 Å². The number of aryl methyl sites for hydroxylation is 1. The van der Waals surface area contributed by atoms with Gasteiger partial charge in [0, 0.05) is 26.3 Å². The number of hydrogen-bond acceptors (Lipinski definition) is 4. The monoisotopic (exact) mass is 313 g/mol. The van der Waals surface area contributed by atoms with Crippen molar-refractivity contribution in [2.75, 3.05) is 18.6 Å². The van der Waals surface area contributed by atoms with E-state index in [4.69, 9.17) is 10.5 Å². The van der Waals surface area contributed by atoms with Gasteiger partial charge in [0.15, 0.2) is 0 Å². The number of rotatable bonds is 3. The van der Waals surface area contributed by atoms with Gasteiger partial charge in [-0.25, -0.2) is 4.98 Å². The zero-order chi connectivity index (χ0) is 13.3. The van der Waals surface area contributed by atoms with Gasteiger partial charge in [0.05, 0.1) is 10.6 Å². The molecular formula is C12H16BrN3O2. The molecule has 5 nitrogen and oxygen atoms in total. The van der Waals surface area contributed by atoms with E-state index in [0.717, 1.165) is 15.9 Å². The molecule has 18 heavy (non-hydrogen) atoms. The Kier molecular flexibility index (Phi) is 3.87. The second-order valence-electron chi connectivity index (χ2n) is 4.43. The number of aromatic nitrogens is 1.